The van der Waals surface area contributed by atoms with Crippen LogP contribution in [0, 0.1) is 0 Å². The second kappa shape index (κ2) is 9.18. The Labute approximate surface area is 196 Å². The molecule has 9 nitrogen and oxygen atoms in total. The molecule has 2 N–H and O–H groups in total. The highest BCUT2D eigenvalue weighted by molar-refractivity contribution is 5.78. The monoisotopic (exact) mass is 457 g/mol. The summed E-state index contributed by atoms with van der Waals surface area (Å²) in [5.74, 6) is 0.418. The number of pyridine rings is 1. The molecule has 0 amide bonds. The van der Waals surface area contributed by atoms with Crippen molar-refractivity contribution in [2.45, 2.75) is 46.2 Å². The first-order valence-corrected chi connectivity index (χ1v) is 11.6. The van der Waals surface area contributed by atoms with E-state index in [2.05, 4.69) is 32.7 Å². The molecule has 174 valence electrons. The van der Waals surface area contributed by atoms with Crippen molar-refractivity contribution in [1.29, 1.82) is 0 Å². The standard InChI is InChI=1S/C25H27N7O2/c1-3-19-13-21(7-10-27-19)32-23-22(24(34)31(32)11-8-16(2)33)15-28-25(30-23)29-20-5-4-17-6-9-26-14-18(17)12-20/h4-5,7,10,12-13,15,26H,3,6,8-9,11,14H2,1-2H3,(H,28,29,30). The van der Waals surface area contributed by atoms with Crippen molar-refractivity contribution >= 4 is 28.5 Å². The molecule has 1 aromatic carbocycles. The molecule has 0 aliphatic carbocycles. The number of fused-ring (bicyclic) bond motifs is 2. The first kappa shape index (κ1) is 22.0. The number of nitrogens with one attached hydrogen (secondary N) is 2. The molecule has 4 aromatic rings. The molecule has 0 fully saturated rings. The molecule has 34 heavy (non-hydrogen) atoms. The zero-order valence-electron chi connectivity index (χ0n) is 19.3. The number of aryl methyl sites for hydroxylation is 1. The van der Waals surface area contributed by atoms with E-state index in [1.165, 1.54) is 18.1 Å². The number of rotatable bonds is 7. The van der Waals surface area contributed by atoms with E-state index >= 15 is 0 Å². The van der Waals surface area contributed by atoms with Crippen molar-refractivity contribution in [1.82, 2.24) is 29.6 Å². The lowest BCUT2D eigenvalue weighted by atomic mass is 10.0. The van der Waals surface area contributed by atoms with Gasteiger partial charge in [-0.05, 0) is 61.7 Å². The molecule has 1 aliphatic heterocycles. The molecule has 9 heteroatoms. The third-order valence-corrected chi connectivity index (χ3v) is 6.11. The average molecular weight is 458 g/mol. The molecule has 0 saturated carbocycles. The van der Waals surface area contributed by atoms with Gasteiger partial charge in [0.15, 0.2) is 5.65 Å². The molecule has 0 radical (unpaired) electrons. The van der Waals surface area contributed by atoms with Gasteiger partial charge in [-0.3, -0.25) is 14.6 Å². The van der Waals surface area contributed by atoms with Gasteiger partial charge in [0.05, 0.1) is 12.2 Å². The predicted octanol–water partition coefficient (Wildman–Crippen LogP) is 2.91. The number of hydrogen-bond donors (Lipinski definition) is 2. The maximum atomic E-state index is 13.2. The van der Waals surface area contributed by atoms with Crippen molar-refractivity contribution in [3.63, 3.8) is 0 Å². The second-order valence-corrected chi connectivity index (χ2v) is 8.52. The lowest BCUT2D eigenvalue weighted by Gasteiger charge is -2.18. The van der Waals surface area contributed by atoms with E-state index in [-0.39, 0.29) is 24.3 Å². The fraction of sp³-hybridized carbons (Fsp3) is 0.320. The Kier molecular flexibility index (Phi) is 5.93. The van der Waals surface area contributed by atoms with Crippen LogP contribution in [0.4, 0.5) is 11.6 Å². The van der Waals surface area contributed by atoms with Gasteiger partial charge in [-0.2, -0.15) is 4.98 Å². The van der Waals surface area contributed by atoms with Crippen LogP contribution in [-0.4, -0.2) is 36.6 Å². The van der Waals surface area contributed by atoms with Crippen molar-refractivity contribution < 1.29 is 4.79 Å². The number of ketones is 1. The third kappa shape index (κ3) is 4.22. The topological polar surface area (TPSA) is 107 Å². The fourth-order valence-corrected chi connectivity index (χ4v) is 4.29. The van der Waals surface area contributed by atoms with Crippen LogP contribution in [0.1, 0.15) is 37.1 Å². The minimum Gasteiger partial charge on any atom is -0.324 e. The quantitative estimate of drug-likeness (QED) is 0.439. The normalized spacial score (nSPS) is 13.1. The zero-order chi connectivity index (χ0) is 23.7. The molecule has 0 bridgehead atoms. The summed E-state index contributed by atoms with van der Waals surface area (Å²) in [7, 11) is 0. The van der Waals surface area contributed by atoms with Crippen LogP contribution in [0.5, 0.6) is 0 Å². The molecular formula is C25H27N7O2. The van der Waals surface area contributed by atoms with Gasteiger partial charge in [0.1, 0.15) is 11.2 Å². The van der Waals surface area contributed by atoms with Gasteiger partial charge in [0, 0.05) is 36.7 Å². The SMILES string of the molecule is CCc1cc(-n2c3nc(Nc4ccc5c(c4)CNCC5)ncc3c(=O)n2CCC(C)=O)ccn1. The first-order valence-electron chi connectivity index (χ1n) is 11.6. The molecule has 3 aromatic heterocycles. The van der Waals surface area contributed by atoms with E-state index < -0.39 is 0 Å². The van der Waals surface area contributed by atoms with E-state index in [1.807, 2.05) is 25.1 Å². The smallest absolute Gasteiger partial charge is 0.278 e. The number of nitrogens with zero attached hydrogens (tertiary/aromatic N) is 5. The summed E-state index contributed by atoms with van der Waals surface area (Å²) in [6.07, 6.45) is 5.31. The molecular weight excluding hydrogens is 430 g/mol. The molecule has 0 unspecified atom stereocenters. The summed E-state index contributed by atoms with van der Waals surface area (Å²) in [5.41, 5.74) is 5.43. The van der Waals surface area contributed by atoms with Gasteiger partial charge in [0.2, 0.25) is 5.95 Å². The highest BCUT2D eigenvalue weighted by atomic mass is 16.1. The Morgan fingerprint density at radius 3 is 2.88 bits per heavy atom. The molecule has 5 rings (SSSR count). The zero-order valence-corrected chi connectivity index (χ0v) is 19.3. The number of anilines is 2. The maximum absolute atomic E-state index is 13.2. The number of Topliss-reactive ketones (excluding diaryl/α,β-unsaturated/α-hetero) is 1. The molecule has 4 heterocycles. The van der Waals surface area contributed by atoms with Gasteiger partial charge in [-0.1, -0.05) is 13.0 Å². The largest absolute Gasteiger partial charge is 0.324 e. The molecule has 1 aliphatic rings. The number of hydrogen-bond acceptors (Lipinski definition) is 7. The van der Waals surface area contributed by atoms with Gasteiger partial charge >= 0.3 is 0 Å². The first-order chi connectivity index (χ1) is 16.5. The average Bonchev–Trinajstić information content (AvgIpc) is 3.13. The summed E-state index contributed by atoms with van der Waals surface area (Å²) < 4.78 is 3.33. The Balaban J connectivity index is 1.60. The van der Waals surface area contributed by atoms with Crippen molar-refractivity contribution in [2.24, 2.45) is 0 Å². The van der Waals surface area contributed by atoms with Crippen molar-refractivity contribution in [3.05, 3.63) is 69.9 Å². The predicted molar refractivity (Wildman–Crippen MR) is 131 cm³/mol. The van der Waals surface area contributed by atoms with Crippen LogP contribution in [0.3, 0.4) is 0 Å². The highest BCUT2D eigenvalue weighted by Crippen LogP contribution is 2.23. The van der Waals surface area contributed by atoms with Crippen LogP contribution in [0.25, 0.3) is 16.7 Å². The summed E-state index contributed by atoms with van der Waals surface area (Å²) >= 11 is 0. The van der Waals surface area contributed by atoms with Crippen LogP contribution in [0.2, 0.25) is 0 Å². The summed E-state index contributed by atoms with van der Waals surface area (Å²) in [5, 5.41) is 7.08. The molecule has 0 spiro atoms. The summed E-state index contributed by atoms with van der Waals surface area (Å²) in [4.78, 5) is 38.4. The van der Waals surface area contributed by atoms with E-state index in [4.69, 9.17) is 4.98 Å². The van der Waals surface area contributed by atoms with Crippen LogP contribution in [0.15, 0.2) is 47.5 Å². The number of carbonyl (C=O) groups is 1. The second-order valence-electron chi connectivity index (χ2n) is 8.52. The summed E-state index contributed by atoms with van der Waals surface area (Å²) in [6.45, 7) is 5.64. The molecule has 0 saturated heterocycles. The van der Waals surface area contributed by atoms with E-state index in [1.54, 1.807) is 21.8 Å². The van der Waals surface area contributed by atoms with Crippen molar-refractivity contribution in [3.8, 4) is 5.69 Å². The van der Waals surface area contributed by atoms with E-state index in [0.717, 1.165) is 43.0 Å². The maximum Gasteiger partial charge on any atom is 0.278 e. The van der Waals surface area contributed by atoms with Gasteiger partial charge < -0.3 is 10.6 Å². The van der Waals surface area contributed by atoms with Crippen LogP contribution in [-0.2, 0) is 30.7 Å². The lowest BCUT2D eigenvalue weighted by Crippen LogP contribution is -2.23. The Bertz CT molecular complexity index is 1440. The Morgan fingerprint density at radius 2 is 2.06 bits per heavy atom. The third-order valence-electron chi connectivity index (χ3n) is 6.11. The Morgan fingerprint density at radius 1 is 1.18 bits per heavy atom. The number of benzene rings is 1. The fourth-order valence-electron chi connectivity index (χ4n) is 4.29. The van der Waals surface area contributed by atoms with Crippen LogP contribution < -0.4 is 16.2 Å². The van der Waals surface area contributed by atoms with Gasteiger partial charge in [0.25, 0.3) is 5.56 Å². The number of aromatic nitrogens is 5. The van der Waals surface area contributed by atoms with Gasteiger partial charge in [-0.15, -0.1) is 0 Å². The lowest BCUT2D eigenvalue weighted by molar-refractivity contribution is -0.117. The minimum atomic E-state index is -0.225. The van der Waals surface area contributed by atoms with E-state index in [0.29, 0.717) is 17.0 Å². The Hall–Kier alpha value is -3.85. The van der Waals surface area contributed by atoms with Crippen LogP contribution >= 0.6 is 0 Å². The minimum absolute atomic E-state index is 0.0167. The molecule has 0 atom stereocenters. The number of carbonyl (C=O) groups excluding carboxylic acids is 1. The van der Waals surface area contributed by atoms with Gasteiger partial charge in [-0.25, -0.2) is 14.3 Å². The summed E-state index contributed by atoms with van der Waals surface area (Å²) in [6, 6.07) is 10.0. The van der Waals surface area contributed by atoms with E-state index in [9.17, 15) is 9.59 Å². The van der Waals surface area contributed by atoms with Crippen molar-refractivity contribution in [2.75, 3.05) is 11.9 Å². The highest BCUT2D eigenvalue weighted by Gasteiger charge is 2.18.